The Morgan fingerprint density at radius 2 is 2.00 bits per heavy atom. The molecule has 0 aliphatic rings. The molecule has 0 saturated carbocycles. The van der Waals surface area contributed by atoms with Crippen molar-refractivity contribution in [1.29, 1.82) is 0 Å². The van der Waals surface area contributed by atoms with E-state index in [0.717, 1.165) is 0 Å². The Hall–Kier alpha value is -2.54. The third-order valence-corrected chi connectivity index (χ3v) is 5.52. The molecule has 0 bridgehead atoms. The summed E-state index contributed by atoms with van der Waals surface area (Å²) in [5, 5.41) is 0.418. The van der Waals surface area contributed by atoms with Gasteiger partial charge in [-0.2, -0.15) is 0 Å². The first-order chi connectivity index (χ1) is 13.2. The number of ether oxygens (including phenoxy) is 1. The topological polar surface area (TPSA) is 61.2 Å². The molecule has 0 spiro atoms. The van der Waals surface area contributed by atoms with E-state index in [2.05, 4.69) is 4.98 Å². The monoisotopic (exact) mass is 402 g/mol. The SMILES string of the molecule is Cc1c(C(=O)OC(C)C)sc2nc(C(C)C)n(Cc3cccc(F)c3)c(=O)c12. The average Bonchev–Trinajstić information content (AvgIpc) is 2.93. The number of benzene rings is 1. The summed E-state index contributed by atoms with van der Waals surface area (Å²) in [6.45, 7) is 9.41. The molecule has 148 valence electrons. The maximum atomic E-state index is 13.6. The Morgan fingerprint density at radius 3 is 2.61 bits per heavy atom. The van der Waals surface area contributed by atoms with Crippen LogP contribution in [0.3, 0.4) is 0 Å². The van der Waals surface area contributed by atoms with Crippen LogP contribution >= 0.6 is 11.3 Å². The second-order valence-corrected chi connectivity index (χ2v) is 8.34. The van der Waals surface area contributed by atoms with Gasteiger partial charge in [0.05, 0.1) is 18.0 Å². The normalized spacial score (nSPS) is 11.6. The lowest BCUT2D eigenvalue weighted by molar-refractivity contribution is 0.0383. The minimum absolute atomic E-state index is 0.0147. The number of aryl methyl sites for hydroxylation is 1. The van der Waals surface area contributed by atoms with Crippen LogP contribution in [0.25, 0.3) is 10.2 Å². The maximum Gasteiger partial charge on any atom is 0.348 e. The maximum absolute atomic E-state index is 13.6. The van der Waals surface area contributed by atoms with Crippen LogP contribution in [0.15, 0.2) is 29.1 Å². The van der Waals surface area contributed by atoms with Gasteiger partial charge in [0.15, 0.2) is 0 Å². The highest BCUT2D eigenvalue weighted by atomic mass is 32.1. The lowest BCUT2D eigenvalue weighted by Crippen LogP contribution is -2.26. The first-order valence-electron chi connectivity index (χ1n) is 9.18. The van der Waals surface area contributed by atoms with Crippen molar-refractivity contribution in [3.63, 3.8) is 0 Å². The summed E-state index contributed by atoms with van der Waals surface area (Å²) in [7, 11) is 0. The largest absolute Gasteiger partial charge is 0.459 e. The Labute approximate surface area is 166 Å². The molecule has 0 amide bonds. The average molecular weight is 402 g/mol. The minimum Gasteiger partial charge on any atom is -0.459 e. The highest BCUT2D eigenvalue weighted by Crippen LogP contribution is 2.29. The Morgan fingerprint density at radius 1 is 1.29 bits per heavy atom. The molecule has 2 aromatic heterocycles. The standard InChI is InChI=1S/C21H23FN2O3S/c1-11(2)18-23-19-16(13(5)17(28-19)21(26)27-12(3)4)20(25)24(18)10-14-7-6-8-15(22)9-14/h6-9,11-12H,10H2,1-5H3. The second kappa shape index (κ2) is 7.83. The van der Waals surface area contributed by atoms with Crippen LogP contribution in [0.2, 0.25) is 0 Å². The molecule has 2 heterocycles. The van der Waals surface area contributed by atoms with Crippen molar-refractivity contribution >= 4 is 27.5 Å². The number of hydrogen-bond donors (Lipinski definition) is 0. The third kappa shape index (κ3) is 3.85. The van der Waals surface area contributed by atoms with Crippen molar-refractivity contribution in [2.75, 3.05) is 0 Å². The summed E-state index contributed by atoms with van der Waals surface area (Å²) in [5.41, 5.74) is 1.03. The number of rotatable bonds is 5. The van der Waals surface area contributed by atoms with E-state index < -0.39 is 5.97 Å². The van der Waals surface area contributed by atoms with Gasteiger partial charge in [0.1, 0.15) is 21.3 Å². The van der Waals surface area contributed by atoms with Gasteiger partial charge in [0.25, 0.3) is 5.56 Å². The van der Waals surface area contributed by atoms with E-state index in [4.69, 9.17) is 4.74 Å². The Balaban J connectivity index is 2.19. The fourth-order valence-corrected chi connectivity index (χ4v) is 4.17. The predicted octanol–water partition coefficient (Wildman–Crippen LogP) is 4.64. The number of esters is 1. The van der Waals surface area contributed by atoms with E-state index in [1.165, 1.54) is 23.5 Å². The number of fused-ring (bicyclic) bond motifs is 1. The van der Waals surface area contributed by atoms with Crippen molar-refractivity contribution in [2.45, 2.75) is 53.2 Å². The zero-order valence-electron chi connectivity index (χ0n) is 16.6. The molecular weight excluding hydrogens is 379 g/mol. The molecule has 0 unspecified atom stereocenters. The molecular formula is C21H23FN2O3S. The summed E-state index contributed by atoms with van der Waals surface area (Å²) in [6, 6.07) is 6.17. The third-order valence-electron chi connectivity index (χ3n) is 4.35. The predicted molar refractivity (Wildman–Crippen MR) is 109 cm³/mol. The number of halogens is 1. The molecule has 0 aliphatic heterocycles. The van der Waals surface area contributed by atoms with E-state index in [0.29, 0.717) is 32.0 Å². The van der Waals surface area contributed by atoms with Gasteiger partial charge in [-0.25, -0.2) is 14.2 Å². The van der Waals surface area contributed by atoms with Crippen LogP contribution in [0, 0.1) is 12.7 Å². The molecule has 0 aliphatic carbocycles. The van der Waals surface area contributed by atoms with Crippen LogP contribution in [-0.2, 0) is 11.3 Å². The van der Waals surface area contributed by atoms with Crippen LogP contribution < -0.4 is 5.56 Å². The smallest absolute Gasteiger partial charge is 0.348 e. The number of carbonyl (C=O) groups is 1. The molecule has 7 heteroatoms. The van der Waals surface area contributed by atoms with Gasteiger partial charge in [0, 0.05) is 5.92 Å². The molecule has 3 aromatic rings. The number of carbonyl (C=O) groups excluding carboxylic acids is 1. The molecule has 0 N–H and O–H groups in total. The van der Waals surface area contributed by atoms with Crippen molar-refractivity contribution in [3.05, 3.63) is 62.3 Å². The summed E-state index contributed by atoms with van der Waals surface area (Å²) in [5.74, 6) is -0.209. The van der Waals surface area contributed by atoms with Gasteiger partial charge in [-0.3, -0.25) is 9.36 Å². The molecule has 5 nitrogen and oxygen atoms in total. The number of hydrogen-bond acceptors (Lipinski definition) is 5. The van der Waals surface area contributed by atoms with Crippen molar-refractivity contribution in [1.82, 2.24) is 9.55 Å². The quantitative estimate of drug-likeness (QED) is 0.583. The van der Waals surface area contributed by atoms with Crippen LogP contribution in [0.4, 0.5) is 4.39 Å². The first kappa shape index (κ1) is 20.2. The molecule has 3 rings (SSSR count). The van der Waals surface area contributed by atoms with Gasteiger partial charge in [-0.1, -0.05) is 26.0 Å². The molecule has 28 heavy (non-hydrogen) atoms. The number of nitrogens with zero attached hydrogens (tertiary/aromatic N) is 2. The van der Waals surface area contributed by atoms with Crippen LogP contribution in [0.1, 0.15) is 60.2 Å². The van der Waals surface area contributed by atoms with Gasteiger partial charge < -0.3 is 4.74 Å². The van der Waals surface area contributed by atoms with Gasteiger partial charge in [-0.05, 0) is 44.0 Å². The van der Waals surface area contributed by atoms with Crippen LogP contribution in [0.5, 0.6) is 0 Å². The van der Waals surface area contributed by atoms with E-state index >= 15 is 0 Å². The molecule has 1 aromatic carbocycles. The Kier molecular flexibility index (Phi) is 5.65. The first-order valence-corrected chi connectivity index (χ1v) is 10.00. The van der Waals surface area contributed by atoms with E-state index in [1.54, 1.807) is 37.5 Å². The molecule has 0 atom stereocenters. The van der Waals surface area contributed by atoms with Gasteiger partial charge >= 0.3 is 5.97 Å². The minimum atomic E-state index is -0.447. The number of aromatic nitrogens is 2. The fraction of sp³-hybridized carbons (Fsp3) is 0.381. The molecule has 0 saturated heterocycles. The molecule has 0 fully saturated rings. The highest BCUT2D eigenvalue weighted by molar-refractivity contribution is 7.20. The summed E-state index contributed by atoms with van der Waals surface area (Å²) >= 11 is 1.18. The fourth-order valence-electron chi connectivity index (χ4n) is 3.11. The summed E-state index contributed by atoms with van der Waals surface area (Å²) in [4.78, 5) is 31.3. The summed E-state index contributed by atoms with van der Waals surface area (Å²) < 4.78 is 20.5. The number of thiophene rings is 1. The van der Waals surface area contributed by atoms with Crippen molar-refractivity contribution in [2.24, 2.45) is 0 Å². The van der Waals surface area contributed by atoms with E-state index in [1.807, 2.05) is 13.8 Å². The van der Waals surface area contributed by atoms with Crippen molar-refractivity contribution < 1.29 is 13.9 Å². The summed E-state index contributed by atoms with van der Waals surface area (Å²) in [6.07, 6.45) is -0.249. The molecule has 0 radical (unpaired) electrons. The lowest BCUT2D eigenvalue weighted by atomic mass is 10.1. The zero-order valence-corrected chi connectivity index (χ0v) is 17.4. The highest BCUT2D eigenvalue weighted by Gasteiger charge is 2.23. The van der Waals surface area contributed by atoms with E-state index in [-0.39, 0.29) is 29.9 Å². The second-order valence-electron chi connectivity index (χ2n) is 7.34. The van der Waals surface area contributed by atoms with Crippen LogP contribution in [-0.4, -0.2) is 21.6 Å². The van der Waals surface area contributed by atoms with Crippen molar-refractivity contribution in [3.8, 4) is 0 Å². The lowest BCUT2D eigenvalue weighted by Gasteiger charge is -2.15. The zero-order chi connectivity index (χ0) is 20.6. The van der Waals surface area contributed by atoms with E-state index in [9.17, 15) is 14.0 Å². The van der Waals surface area contributed by atoms with Gasteiger partial charge in [0.2, 0.25) is 0 Å². The Bertz CT molecular complexity index is 1100. The van der Waals surface area contributed by atoms with Gasteiger partial charge in [-0.15, -0.1) is 11.3 Å².